The number of unbranched alkanes of at least 4 members (excludes halogenated alkanes) is 2. The Hall–Kier alpha value is -1.63. The van der Waals surface area contributed by atoms with E-state index in [4.69, 9.17) is 5.11 Å². The van der Waals surface area contributed by atoms with E-state index in [0.29, 0.717) is 23.0 Å². The van der Waals surface area contributed by atoms with Crippen LogP contribution < -0.4 is 10.9 Å². The van der Waals surface area contributed by atoms with Crippen molar-refractivity contribution in [1.82, 2.24) is 10.3 Å². The molecule has 0 unspecified atom stereocenters. The number of rotatable bonds is 7. The van der Waals surface area contributed by atoms with E-state index in [9.17, 15) is 14.4 Å². The molecule has 0 aliphatic carbocycles. The fraction of sp³-hybridized carbons (Fsp3) is 0.417. The molecule has 0 atom stereocenters. The fourth-order valence-corrected chi connectivity index (χ4v) is 1.83. The number of H-pyrrole nitrogens is 1. The van der Waals surface area contributed by atoms with Gasteiger partial charge in [0.25, 0.3) is 11.5 Å². The van der Waals surface area contributed by atoms with E-state index in [-0.39, 0.29) is 17.9 Å². The van der Waals surface area contributed by atoms with Gasteiger partial charge in [0, 0.05) is 19.2 Å². The first-order valence-electron chi connectivity index (χ1n) is 5.89. The number of nitrogens with one attached hydrogen (secondary N) is 2. The van der Waals surface area contributed by atoms with Crippen molar-refractivity contribution in [3.05, 3.63) is 32.7 Å². The Morgan fingerprint density at radius 3 is 2.68 bits per heavy atom. The van der Waals surface area contributed by atoms with Gasteiger partial charge in [-0.25, -0.2) is 0 Å². The molecule has 0 fully saturated rings. The number of hydrogen-bond acceptors (Lipinski definition) is 3. The van der Waals surface area contributed by atoms with Gasteiger partial charge in [-0.2, -0.15) is 0 Å². The highest BCUT2D eigenvalue weighted by molar-refractivity contribution is 9.10. The molecule has 1 aromatic rings. The van der Waals surface area contributed by atoms with Gasteiger partial charge in [-0.1, -0.05) is 6.42 Å². The second-order valence-corrected chi connectivity index (χ2v) is 4.88. The molecule has 7 heteroatoms. The molecule has 0 aromatic carbocycles. The maximum absolute atomic E-state index is 11.7. The highest BCUT2D eigenvalue weighted by atomic mass is 79.9. The number of carboxylic acid groups (broad SMARTS) is 1. The standard InChI is InChI=1S/C12H15BrN2O4/c13-9-6-8(7-15-12(9)19)11(18)14-5-3-1-2-4-10(16)17/h6-7H,1-5H2,(H,14,18)(H,15,19)(H,16,17). The molecule has 0 spiro atoms. The third-order valence-corrected chi connectivity index (χ3v) is 3.06. The summed E-state index contributed by atoms with van der Waals surface area (Å²) in [6, 6.07) is 1.46. The van der Waals surface area contributed by atoms with Gasteiger partial charge in [-0.05, 0) is 34.8 Å². The predicted molar refractivity (Wildman–Crippen MR) is 73.2 cm³/mol. The van der Waals surface area contributed by atoms with Gasteiger partial charge in [0.15, 0.2) is 0 Å². The quantitative estimate of drug-likeness (QED) is 0.660. The van der Waals surface area contributed by atoms with E-state index in [0.717, 1.165) is 12.8 Å². The summed E-state index contributed by atoms with van der Waals surface area (Å²) < 4.78 is 0.307. The Morgan fingerprint density at radius 1 is 1.32 bits per heavy atom. The first kappa shape index (κ1) is 15.4. The molecule has 1 amide bonds. The van der Waals surface area contributed by atoms with Gasteiger partial charge in [0.2, 0.25) is 0 Å². The number of pyridine rings is 1. The summed E-state index contributed by atoms with van der Waals surface area (Å²) in [6.45, 7) is 0.481. The van der Waals surface area contributed by atoms with Crippen LogP contribution in [0.3, 0.4) is 0 Å². The van der Waals surface area contributed by atoms with E-state index in [1.165, 1.54) is 12.3 Å². The van der Waals surface area contributed by atoms with Crippen LogP contribution in [0.15, 0.2) is 21.5 Å². The van der Waals surface area contributed by atoms with Crippen molar-refractivity contribution in [3.8, 4) is 0 Å². The number of aliphatic carboxylic acids is 1. The predicted octanol–water partition coefficient (Wildman–Crippen LogP) is 1.51. The molecule has 0 bridgehead atoms. The van der Waals surface area contributed by atoms with Crippen LogP contribution in [-0.2, 0) is 4.79 Å². The Labute approximate surface area is 118 Å². The molecule has 0 saturated carbocycles. The number of aromatic amines is 1. The molecule has 1 rings (SSSR count). The Kier molecular flexibility index (Phi) is 6.27. The first-order chi connectivity index (χ1) is 9.00. The average molecular weight is 331 g/mol. The molecule has 0 radical (unpaired) electrons. The van der Waals surface area contributed by atoms with Crippen molar-refractivity contribution in [2.75, 3.05) is 6.54 Å². The maximum Gasteiger partial charge on any atom is 0.303 e. The maximum atomic E-state index is 11.7. The van der Waals surface area contributed by atoms with Gasteiger partial charge in [-0.15, -0.1) is 0 Å². The third-order valence-electron chi connectivity index (χ3n) is 2.47. The topological polar surface area (TPSA) is 99.3 Å². The number of carbonyl (C=O) groups excluding carboxylic acids is 1. The van der Waals surface area contributed by atoms with Crippen molar-refractivity contribution >= 4 is 27.8 Å². The van der Waals surface area contributed by atoms with Crippen LogP contribution >= 0.6 is 15.9 Å². The Morgan fingerprint density at radius 2 is 2.05 bits per heavy atom. The molecular formula is C12H15BrN2O4. The lowest BCUT2D eigenvalue weighted by Crippen LogP contribution is -2.25. The van der Waals surface area contributed by atoms with Gasteiger partial charge >= 0.3 is 5.97 Å². The van der Waals surface area contributed by atoms with Crippen LogP contribution in [0.2, 0.25) is 0 Å². The minimum atomic E-state index is -0.804. The minimum Gasteiger partial charge on any atom is -0.481 e. The van der Waals surface area contributed by atoms with Crippen LogP contribution in [0.1, 0.15) is 36.0 Å². The molecule has 0 aliphatic rings. The third kappa shape index (κ3) is 5.69. The van der Waals surface area contributed by atoms with Gasteiger partial charge in [0.05, 0.1) is 10.0 Å². The largest absolute Gasteiger partial charge is 0.481 e. The van der Waals surface area contributed by atoms with E-state index in [2.05, 4.69) is 26.2 Å². The molecule has 6 nitrogen and oxygen atoms in total. The number of amides is 1. The van der Waals surface area contributed by atoms with Crippen LogP contribution in [0.25, 0.3) is 0 Å². The molecule has 0 aliphatic heterocycles. The molecule has 1 heterocycles. The van der Waals surface area contributed by atoms with Crippen LogP contribution in [0, 0.1) is 0 Å². The zero-order valence-corrected chi connectivity index (χ0v) is 11.8. The summed E-state index contributed by atoms with van der Waals surface area (Å²) in [7, 11) is 0. The van der Waals surface area contributed by atoms with Crippen molar-refractivity contribution in [2.45, 2.75) is 25.7 Å². The number of carboxylic acids is 1. The fourth-order valence-electron chi connectivity index (χ4n) is 1.47. The van der Waals surface area contributed by atoms with Crippen LogP contribution in [0.5, 0.6) is 0 Å². The van der Waals surface area contributed by atoms with Crippen molar-refractivity contribution in [1.29, 1.82) is 0 Å². The Balaban J connectivity index is 2.29. The molecular weight excluding hydrogens is 316 g/mol. The number of carbonyl (C=O) groups is 2. The number of aromatic nitrogens is 1. The smallest absolute Gasteiger partial charge is 0.303 e. The molecule has 104 valence electrons. The number of halogens is 1. The molecule has 1 aromatic heterocycles. The van der Waals surface area contributed by atoms with Crippen molar-refractivity contribution < 1.29 is 14.7 Å². The SMILES string of the molecule is O=C(O)CCCCCNC(=O)c1c[nH]c(=O)c(Br)c1. The summed E-state index contributed by atoms with van der Waals surface area (Å²) in [5.41, 5.74) is 0.0854. The summed E-state index contributed by atoms with van der Waals surface area (Å²) in [6.07, 6.45) is 3.59. The summed E-state index contributed by atoms with van der Waals surface area (Å²) in [4.78, 5) is 35.5. The van der Waals surface area contributed by atoms with Gasteiger partial charge < -0.3 is 15.4 Å². The van der Waals surface area contributed by atoms with Gasteiger partial charge in [0.1, 0.15) is 0 Å². The lowest BCUT2D eigenvalue weighted by molar-refractivity contribution is -0.137. The molecule has 3 N–H and O–H groups in total. The van der Waals surface area contributed by atoms with E-state index in [1.807, 2.05) is 0 Å². The summed E-state index contributed by atoms with van der Waals surface area (Å²) in [5, 5.41) is 11.2. The van der Waals surface area contributed by atoms with Crippen molar-refractivity contribution in [3.63, 3.8) is 0 Å². The molecule has 0 saturated heterocycles. The lowest BCUT2D eigenvalue weighted by Gasteiger charge is -2.05. The monoisotopic (exact) mass is 330 g/mol. The zero-order chi connectivity index (χ0) is 14.3. The highest BCUT2D eigenvalue weighted by Crippen LogP contribution is 2.05. The second kappa shape index (κ2) is 7.73. The second-order valence-electron chi connectivity index (χ2n) is 4.03. The van der Waals surface area contributed by atoms with Gasteiger partial charge in [-0.3, -0.25) is 14.4 Å². The van der Waals surface area contributed by atoms with E-state index in [1.54, 1.807) is 0 Å². The van der Waals surface area contributed by atoms with Crippen LogP contribution in [0.4, 0.5) is 0 Å². The average Bonchev–Trinajstić information content (AvgIpc) is 2.36. The Bertz CT molecular complexity index is 513. The summed E-state index contributed by atoms with van der Waals surface area (Å²) >= 11 is 3.05. The summed E-state index contributed by atoms with van der Waals surface area (Å²) in [5.74, 6) is -1.07. The molecule has 19 heavy (non-hydrogen) atoms. The number of hydrogen-bond donors (Lipinski definition) is 3. The van der Waals surface area contributed by atoms with E-state index < -0.39 is 5.97 Å². The minimum absolute atomic E-state index is 0.154. The van der Waals surface area contributed by atoms with Crippen molar-refractivity contribution in [2.24, 2.45) is 0 Å². The lowest BCUT2D eigenvalue weighted by atomic mass is 10.2. The highest BCUT2D eigenvalue weighted by Gasteiger charge is 2.07. The van der Waals surface area contributed by atoms with Crippen LogP contribution in [-0.4, -0.2) is 28.5 Å². The zero-order valence-electron chi connectivity index (χ0n) is 10.2. The normalized spacial score (nSPS) is 10.2. The van der Waals surface area contributed by atoms with E-state index >= 15 is 0 Å². The first-order valence-corrected chi connectivity index (χ1v) is 6.68.